The molecule has 0 aliphatic heterocycles. The normalized spacial score (nSPS) is 11.6. The summed E-state index contributed by atoms with van der Waals surface area (Å²) in [4.78, 5) is 25.7. The largest absolute Gasteiger partial charge is 0.385 e. The van der Waals surface area contributed by atoms with Gasteiger partial charge in [0.15, 0.2) is 0 Å². The second-order valence-electron chi connectivity index (χ2n) is 5.52. The smallest absolute Gasteiger partial charge is 0.330 e. The van der Waals surface area contributed by atoms with Gasteiger partial charge in [0.25, 0.3) is 5.56 Å². The standard InChI is InChI=1S/C13H24N4O3/c1-5-17-10(14)9(11(18)16-12(17)19)15-8-13(2,3)6-7-20-4/h15H,5-8,14H2,1-4H3,(H,16,18,19). The molecule has 0 saturated carbocycles. The molecule has 0 amide bonds. The third-order valence-electron chi connectivity index (χ3n) is 3.28. The Hall–Kier alpha value is -1.76. The number of nitrogens with one attached hydrogen (secondary N) is 2. The van der Waals surface area contributed by atoms with Gasteiger partial charge in [0.1, 0.15) is 11.5 Å². The minimum Gasteiger partial charge on any atom is -0.385 e. The second kappa shape index (κ2) is 6.60. The number of ether oxygens (including phenoxy) is 1. The van der Waals surface area contributed by atoms with Crippen LogP contribution >= 0.6 is 0 Å². The Morgan fingerprint density at radius 2 is 2.05 bits per heavy atom. The molecule has 0 radical (unpaired) electrons. The number of H-pyrrole nitrogens is 1. The zero-order valence-corrected chi connectivity index (χ0v) is 12.6. The van der Waals surface area contributed by atoms with Crippen LogP contribution in [0.4, 0.5) is 11.5 Å². The molecule has 20 heavy (non-hydrogen) atoms. The monoisotopic (exact) mass is 284 g/mol. The first-order valence-electron chi connectivity index (χ1n) is 6.68. The molecule has 7 nitrogen and oxygen atoms in total. The Morgan fingerprint density at radius 1 is 1.40 bits per heavy atom. The summed E-state index contributed by atoms with van der Waals surface area (Å²) in [5.41, 5.74) is 5.10. The fraction of sp³-hybridized carbons (Fsp3) is 0.692. The molecule has 1 heterocycles. The lowest BCUT2D eigenvalue weighted by Gasteiger charge is -2.25. The van der Waals surface area contributed by atoms with Gasteiger partial charge < -0.3 is 15.8 Å². The van der Waals surface area contributed by atoms with Gasteiger partial charge in [-0.05, 0) is 18.8 Å². The van der Waals surface area contributed by atoms with Crippen molar-refractivity contribution in [1.29, 1.82) is 0 Å². The number of hydrogen-bond donors (Lipinski definition) is 3. The van der Waals surface area contributed by atoms with E-state index in [0.29, 0.717) is 19.7 Å². The van der Waals surface area contributed by atoms with E-state index in [1.54, 1.807) is 14.0 Å². The van der Waals surface area contributed by atoms with Crippen LogP contribution in [0.3, 0.4) is 0 Å². The van der Waals surface area contributed by atoms with E-state index in [0.717, 1.165) is 6.42 Å². The van der Waals surface area contributed by atoms with Crippen LogP contribution < -0.4 is 22.3 Å². The van der Waals surface area contributed by atoms with Gasteiger partial charge in [0.2, 0.25) is 0 Å². The summed E-state index contributed by atoms with van der Waals surface area (Å²) in [6.07, 6.45) is 0.849. The summed E-state index contributed by atoms with van der Waals surface area (Å²) in [7, 11) is 1.66. The minimum absolute atomic E-state index is 0.0535. The van der Waals surface area contributed by atoms with Gasteiger partial charge in [-0.15, -0.1) is 0 Å². The van der Waals surface area contributed by atoms with Crippen molar-refractivity contribution in [3.8, 4) is 0 Å². The van der Waals surface area contributed by atoms with Gasteiger partial charge in [-0.2, -0.15) is 0 Å². The van der Waals surface area contributed by atoms with Crippen molar-refractivity contribution >= 4 is 11.5 Å². The van der Waals surface area contributed by atoms with E-state index >= 15 is 0 Å². The molecular weight excluding hydrogens is 260 g/mol. The summed E-state index contributed by atoms with van der Waals surface area (Å²) in [6.45, 7) is 7.55. The van der Waals surface area contributed by atoms with E-state index < -0.39 is 11.2 Å². The molecule has 4 N–H and O–H groups in total. The minimum atomic E-state index is -0.487. The molecule has 1 rings (SSSR count). The Balaban J connectivity index is 2.94. The number of rotatable bonds is 7. The Bertz CT molecular complexity index is 560. The highest BCUT2D eigenvalue weighted by molar-refractivity contribution is 5.60. The van der Waals surface area contributed by atoms with Crippen molar-refractivity contribution in [2.45, 2.75) is 33.7 Å². The van der Waals surface area contributed by atoms with Gasteiger partial charge in [-0.25, -0.2) is 4.79 Å². The highest BCUT2D eigenvalue weighted by Crippen LogP contribution is 2.21. The Kier molecular flexibility index (Phi) is 5.38. The van der Waals surface area contributed by atoms with Crippen LogP contribution in [0.2, 0.25) is 0 Å². The summed E-state index contributed by atoms with van der Waals surface area (Å²) >= 11 is 0. The van der Waals surface area contributed by atoms with Crippen LogP contribution in [-0.2, 0) is 11.3 Å². The molecule has 0 unspecified atom stereocenters. The molecule has 1 aromatic rings. The highest BCUT2D eigenvalue weighted by Gasteiger charge is 2.19. The highest BCUT2D eigenvalue weighted by atomic mass is 16.5. The molecular formula is C13H24N4O3. The van der Waals surface area contributed by atoms with Crippen LogP contribution in [0, 0.1) is 5.41 Å². The molecule has 0 spiro atoms. The van der Waals surface area contributed by atoms with E-state index in [2.05, 4.69) is 24.1 Å². The maximum atomic E-state index is 11.8. The molecule has 0 atom stereocenters. The van der Waals surface area contributed by atoms with Crippen LogP contribution in [0.25, 0.3) is 0 Å². The maximum Gasteiger partial charge on any atom is 0.330 e. The third kappa shape index (κ3) is 3.86. The topological polar surface area (TPSA) is 102 Å². The molecule has 0 fully saturated rings. The molecule has 0 aliphatic carbocycles. The number of nitrogen functional groups attached to an aromatic ring is 1. The van der Waals surface area contributed by atoms with Crippen molar-refractivity contribution in [2.24, 2.45) is 5.41 Å². The first-order valence-corrected chi connectivity index (χ1v) is 6.68. The lowest BCUT2D eigenvalue weighted by Crippen LogP contribution is -2.35. The summed E-state index contributed by atoms with van der Waals surface area (Å²) in [6, 6.07) is 0. The molecule has 114 valence electrons. The predicted octanol–water partition coefficient (Wildman–Crippen LogP) is 0.613. The van der Waals surface area contributed by atoms with Crippen molar-refractivity contribution in [1.82, 2.24) is 9.55 Å². The average molecular weight is 284 g/mol. The first-order chi connectivity index (χ1) is 9.32. The number of nitrogens with zero attached hydrogens (tertiary/aromatic N) is 1. The average Bonchev–Trinajstić information content (AvgIpc) is 2.36. The predicted molar refractivity (Wildman–Crippen MR) is 80.2 cm³/mol. The van der Waals surface area contributed by atoms with Gasteiger partial charge >= 0.3 is 5.69 Å². The Morgan fingerprint density at radius 3 is 2.60 bits per heavy atom. The van der Waals surface area contributed by atoms with Crippen LogP contribution in [0.5, 0.6) is 0 Å². The third-order valence-corrected chi connectivity index (χ3v) is 3.28. The number of aromatic amines is 1. The second-order valence-corrected chi connectivity index (χ2v) is 5.52. The van der Waals surface area contributed by atoms with Gasteiger partial charge in [0, 0.05) is 26.8 Å². The van der Waals surface area contributed by atoms with Crippen LogP contribution in [0.1, 0.15) is 27.2 Å². The van der Waals surface area contributed by atoms with Crippen molar-refractivity contribution in [3.05, 3.63) is 20.8 Å². The van der Waals surface area contributed by atoms with Crippen LogP contribution in [0.15, 0.2) is 9.59 Å². The van der Waals surface area contributed by atoms with E-state index in [1.807, 2.05) is 0 Å². The van der Waals surface area contributed by atoms with E-state index in [9.17, 15) is 9.59 Å². The van der Waals surface area contributed by atoms with E-state index in [1.165, 1.54) is 4.57 Å². The molecule has 0 bridgehead atoms. The Labute approximate surface area is 118 Å². The zero-order chi connectivity index (χ0) is 15.3. The quantitative estimate of drug-likeness (QED) is 0.681. The lowest BCUT2D eigenvalue weighted by atomic mass is 9.89. The van der Waals surface area contributed by atoms with Crippen LogP contribution in [-0.4, -0.2) is 29.8 Å². The fourth-order valence-corrected chi connectivity index (χ4v) is 1.87. The number of anilines is 2. The van der Waals surface area contributed by atoms with E-state index in [-0.39, 0.29) is 16.9 Å². The number of methoxy groups -OCH3 is 1. The van der Waals surface area contributed by atoms with Gasteiger partial charge in [0.05, 0.1) is 0 Å². The first kappa shape index (κ1) is 16.3. The summed E-state index contributed by atoms with van der Waals surface area (Å²) in [5.74, 6) is 0.170. The summed E-state index contributed by atoms with van der Waals surface area (Å²) < 4.78 is 6.39. The lowest BCUT2D eigenvalue weighted by molar-refractivity contribution is 0.157. The van der Waals surface area contributed by atoms with E-state index in [4.69, 9.17) is 10.5 Å². The SMILES string of the molecule is CCn1c(N)c(NCC(C)(C)CCOC)c(=O)[nH]c1=O. The fourth-order valence-electron chi connectivity index (χ4n) is 1.87. The van der Waals surface area contributed by atoms with Gasteiger partial charge in [-0.3, -0.25) is 14.3 Å². The van der Waals surface area contributed by atoms with Crippen molar-refractivity contribution < 1.29 is 4.74 Å². The van der Waals surface area contributed by atoms with Gasteiger partial charge in [-0.1, -0.05) is 13.8 Å². The maximum absolute atomic E-state index is 11.8. The zero-order valence-electron chi connectivity index (χ0n) is 12.6. The van der Waals surface area contributed by atoms with Crippen molar-refractivity contribution in [2.75, 3.05) is 31.3 Å². The van der Waals surface area contributed by atoms with Crippen molar-refractivity contribution in [3.63, 3.8) is 0 Å². The molecule has 0 aliphatic rings. The number of hydrogen-bond acceptors (Lipinski definition) is 5. The molecule has 7 heteroatoms. The number of nitrogens with two attached hydrogens (primary N) is 1. The molecule has 0 aromatic carbocycles. The number of aromatic nitrogens is 2. The molecule has 1 aromatic heterocycles. The summed E-state index contributed by atoms with van der Waals surface area (Å²) in [5, 5.41) is 3.05. The molecule has 0 saturated heterocycles.